The van der Waals surface area contributed by atoms with Crippen LogP contribution in [0, 0.1) is 26.2 Å². The van der Waals surface area contributed by atoms with Crippen molar-refractivity contribution in [3.63, 3.8) is 0 Å². The third-order valence-electron chi connectivity index (χ3n) is 16.2. The number of benzene rings is 6. The van der Waals surface area contributed by atoms with Crippen molar-refractivity contribution >= 4 is 80.3 Å². The normalized spacial score (nSPS) is 12.8. The Balaban J connectivity index is -0.000000653. The molecule has 1 N–H and O–H groups in total. The van der Waals surface area contributed by atoms with E-state index in [0.29, 0.717) is 34.9 Å². The first-order valence-corrected chi connectivity index (χ1v) is 39.2. The molecule has 0 aliphatic carbocycles. The zero-order chi connectivity index (χ0) is 90.0. The summed E-state index contributed by atoms with van der Waals surface area (Å²) in [4.78, 5) is 33.4. The van der Waals surface area contributed by atoms with Crippen LogP contribution in [0.3, 0.4) is 0 Å². The summed E-state index contributed by atoms with van der Waals surface area (Å²) < 4.78 is 0. The third kappa shape index (κ3) is 54.3. The fourth-order valence-electron chi connectivity index (χ4n) is 9.92. The molecule has 0 atom stereocenters. The number of allylic oxidation sites excluding steroid dienone is 16. The first kappa shape index (κ1) is 113. The van der Waals surface area contributed by atoms with Crippen molar-refractivity contribution < 1.29 is 25.5 Å². The number of para-hydroxylation sites is 6. The number of rotatable bonds is 22. The lowest BCUT2D eigenvalue weighted by molar-refractivity contribution is -0.302. The molecule has 0 aliphatic heterocycles. The Labute approximate surface area is 714 Å². The van der Waals surface area contributed by atoms with Crippen molar-refractivity contribution in [2.75, 3.05) is 49.3 Å². The predicted octanol–water partition coefficient (Wildman–Crippen LogP) is 24.6. The van der Waals surface area contributed by atoms with Crippen LogP contribution in [0.5, 0.6) is 5.75 Å². The molecule has 0 fully saturated rings. The van der Waals surface area contributed by atoms with Crippen molar-refractivity contribution in [1.82, 2.24) is 0 Å². The number of nitrogens with zero attached hydrogens (tertiary/aromatic N) is 12. The van der Waals surface area contributed by atoms with Gasteiger partial charge in [0.1, 0.15) is 0 Å². The van der Waals surface area contributed by atoms with Crippen molar-refractivity contribution in [3.8, 4) is 5.75 Å². The molecule has 0 heterocycles. The van der Waals surface area contributed by atoms with Crippen LogP contribution < -0.4 is 25.5 Å². The Hall–Kier alpha value is -11.5. The average molecular weight is 1610 g/mol. The fourth-order valence-corrected chi connectivity index (χ4v) is 9.92. The second-order valence-electron chi connectivity index (χ2n) is 28.7. The van der Waals surface area contributed by atoms with Gasteiger partial charge in [0.05, 0.1) is 17.1 Å². The second-order valence-corrected chi connectivity index (χ2v) is 28.7. The molecule has 0 aliphatic rings. The zero-order valence-corrected chi connectivity index (χ0v) is 77.1. The van der Waals surface area contributed by atoms with Crippen molar-refractivity contribution in [3.05, 3.63) is 294 Å². The molecule has 6 aromatic carbocycles. The third-order valence-corrected chi connectivity index (χ3v) is 16.2. The molecule has 6 aromatic rings. The minimum Gasteiger partial charge on any atom is -0.876 e. The molecule has 0 saturated heterocycles. The van der Waals surface area contributed by atoms with E-state index in [4.69, 9.17) is 15.7 Å². The molecule has 18 heteroatoms. The summed E-state index contributed by atoms with van der Waals surface area (Å²) >= 11 is 0. The van der Waals surface area contributed by atoms with E-state index in [2.05, 4.69) is 182 Å². The van der Waals surface area contributed by atoms with E-state index in [9.17, 15) is 25.5 Å². The second kappa shape index (κ2) is 64.6. The van der Waals surface area contributed by atoms with E-state index in [1.54, 1.807) is 83.2 Å². The van der Waals surface area contributed by atoms with E-state index in [-0.39, 0.29) is 36.2 Å². The Morgan fingerprint density at radius 3 is 1.03 bits per heavy atom. The summed E-state index contributed by atoms with van der Waals surface area (Å²) in [7, 11) is 12.1. The van der Waals surface area contributed by atoms with Crippen LogP contribution >= 0.6 is 0 Å². The van der Waals surface area contributed by atoms with Crippen LogP contribution in [0.4, 0.5) is 28.4 Å². The predicted molar refractivity (Wildman–Crippen MR) is 511 cm³/mol. The summed E-state index contributed by atoms with van der Waals surface area (Å²) in [6.07, 6.45) is 15.4. The summed E-state index contributed by atoms with van der Waals surface area (Å²) in [6.45, 7) is 52.5. The molecule has 6 rings (SSSR count). The Morgan fingerprint density at radius 2 is 0.669 bits per heavy atom. The minimum absolute atomic E-state index is 0. The molecule has 0 saturated carbocycles. The number of nitrogens with one attached hydrogen (secondary N) is 1. The molecular formula is C100H142N13O5-9. The van der Waals surface area contributed by atoms with Gasteiger partial charge in [0.15, 0.2) is 0 Å². The number of aryl methyl sites for hydroxylation is 3. The first-order chi connectivity index (χ1) is 54.9. The molecule has 0 aromatic heterocycles. The highest BCUT2D eigenvalue weighted by molar-refractivity contribution is 5.98. The van der Waals surface area contributed by atoms with Gasteiger partial charge in [0.25, 0.3) is 0 Å². The molecular weight excluding hydrogens is 1460 g/mol. The molecule has 0 spiro atoms. The molecule has 646 valence electrons. The molecule has 0 bridgehead atoms. The van der Waals surface area contributed by atoms with Gasteiger partial charge in [0.2, 0.25) is 0 Å². The van der Waals surface area contributed by atoms with Gasteiger partial charge in [0, 0.05) is 87.1 Å². The van der Waals surface area contributed by atoms with E-state index >= 15 is 0 Å². The van der Waals surface area contributed by atoms with Gasteiger partial charge in [-0.3, -0.25) is 39.9 Å². The smallest absolute Gasteiger partial charge is 0.0701 e. The van der Waals surface area contributed by atoms with Crippen LogP contribution in [0.25, 0.3) is 21.3 Å². The quantitative estimate of drug-likeness (QED) is 0.0511. The van der Waals surface area contributed by atoms with Gasteiger partial charge in [-0.1, -0.05) is 311 Å². The maximum Gasteiger partial charge on any atom is 0.0701 e. The molecule has 18 nitrogen and oxygen atoms in total. The lowest BCUT2D eigenvalue weighted by Gasteiger charge is -2.30. The summed E-state index contributed by atoms with van der Waals surface area (Å²) in [5.74, 6) is 1.87. The van der Waals surface area contributed by atoms with Gasteiger partial charge >= 0.3 is 0 Å². The highest BCUT2D eigenvalue weighted by atomic mass is 16.3. The van der Waals surface area contributed by atoms with Crippen molar-refractivity contribution in [1.29, 1.82) is 5.41 Å². The SMILES string of the molecule is C.CC(/C=C(/C)[N-]c1c(C)cccc1C(C)C)=Nc1c(C(C)C)cccc1C(C)C.CC(/C=C(/C)[N-]c1ccccc1)=Nc1ccccc1.CC(=N)/C=C(/C)[O-].CN=C(C)/C=C(/C)[N-]C.CN=C(C)/C=C(/C)[N-]C.CN=C(C)/C=C(/C)[O-].CN=C(C)/C=C(/C)[O-].CN=C(C)/C=C(/C)[O-].Cc1cccc(C=Nc2c(C)cccc2C(C)C)c1[O-]. The van der Waals surface area contributed by atoms with Gasteiger partial charge in [-0.25, -0.2) is 0 Å². The minimum atomic E-state index is -0.0625. The lowest BCUT2D eigenvalue weighted by atomic mass is 9.93. The van der Waals surface area contributed by atoms with E-state index in [1.807, 2.05) is 159 Å². The van der Waals surface area contributed by atoms with Crippen LogP contribution in [-0.4, -0.2) is 101 Å². The molecule has 118 heavy (non-hydrogen) atoms. The maximum absolute atomic E-state index is 12.0. The number of hydrogen-bond donors (Lipinski definition) is 1. The maximum atomic E-state index is 12.0. The fraction of sp³-hybridized carbons (Fsp3) is 0.390. The topological polar surface area (TPSA) is 294 Å². The lowest BCUT2D eigenvalue weighted by Crippen LogP contribution is -2.00. The van der Waals surface area contributed by atoms with E-state index < -0.39 is 0 Å². The van der Waals surface area contributed by atoms with E-state index in [1.165, 1.54) is 79.8 Å². The average Bonchev–Trinajstić information content (AvgIpc) is 0.818. The molecule has 0 amide bonds. The summed E-state index contributed by atoms with van der Waals surface area (Å²) in [5, 5.41) is 77.0. The Morgan fingerprint density at radius 1 is 0.347 bits per heavy atom. The van der Waals surface area contributed by atoms with Crippen LogP contribution in [0.2, 0.25) is 0 Å². The van der Waals surface area contributed by atoms with Crippen LogP contribution in [-0.2, 0) is 0 Å². The number of aliphatic imine (C=N–C) groups is 8. The Bertz CT molecular complexity index is 4320. The van der Waals surface area contributed by atoms with Crippen LogP contribution in [0.15, 0.2) is 268 Å². The van der Waals surface area contributed by atoms with Crippen molar-refractivity contribution in [2.45, 2.75) is 218 Å². The Kier molecular flexibility index (Phi) is 61.8. The highest BCUT2D eigenvalue weighted by Gasteiger charge is 2.14. The molecule has 0 unspecified atom stereocenters. The largest absolute Gasteiger partial charge is 0.876 e. The standard InChI is InChI=1S/C27H37N2.C18H21NO.C17H17N2.2C7H13N2.3C6H11NO.C5H9NO.CH4/c1-17(2)23-13-10-12-20(7)26(23)28-21(8)16-22(9)29-27-24(18(3)4)14-11-15-25(27)19(5)6;1-12(2)16-10-6-7-13(3)17(16)19-11-15-9-5-8-14(4)18(15)20;1-14(18-16-9-5-3-6-10-16)13-15(2)19-17-11-7-4-8-12-17;2*1-6(8-3)5-7(2)9-4;3*1-5(7-3)4-6(2)8;1-4(6)3-5(2)7;/h10-19H,1-9H3;5-12,20H,1-4H3;3-13H,1-2H3;2*5H,1-4H3;3*4,8H,1-3H3;3,6-7H,1-2H3;1H4/q-1;;3*-1;;;;;/p-5/b21-16-,29-22?;;14-13-,19-15?;2*6-5-,9-7?;3*6-4-,7-5?;5-3-,6-4?;. The van der Waals surface area contributed by atoms with Gasteiger partial charge < -0.3 is 52.2 Å². The zero-order valence-electron chi connectivity index (χ0n) is 77.1. The first-order valence-electron chi connectivity index (χ1n) is 39.2. The summed E-state index contributed by atoms with van der Waals surface area (Å²) in [6, 6.07) is 44.6. The van der Waals surface area contributed by atoms with Crippen molar-refractivity contribution in [2.24, 2.45) is 39.9 Å². The number of hydrogen-bond acceptors (Lipinski definition) is 14. The van der Waals surface area contributed by atoms with E-state index in [0.717, 1.165) is 102 Å². The highest BCUT2D eigenvalue weighted by Crippen LogP contribution is 2.38. The van der Waals surface area contributed by atoms with Gasteiger partial charge in [-0.15, -0.1) is 48.5 Å². The molecule has 0 radical (unpaired) electrons. The monoisotopic (exact) mass is 1610 g/mol. The van der Waals surface area contributed by atoms with Crippen LogP contribution in [0.1, 0.15) is 242 Å². The van der Waals surface area contributed by atoms with Gasteiger partial charge in [-0.2, -0.15) is 22.8 Å². The summed E-state index contributed by atoms with van der Waals surface area (Å²) in [5.41, 5.74) is 24.5. The van der Waals surface area contributed by atoms with Gasteiger partial charge in [-0.05, 0) is 140 Å².